The summed E-state index contributed by atoms with van der Waals surface area (Å²) in [6.07, 6.45) is -1.85. The smallest absolute Gasteiger partial charge is 0.309 e. The van der Waals surface area contributed by atoms with Crippen LogP contribution in [0.4, 0.5) is 14.6 Å². The molecule has 0 aromatic carbocycles. The fourth-order valence-electron chi connectivity index (χ4n) is 5.36. The zero-order valence-electron chi connectivity index (χ0n) is 25.3. The Bertz CT molecular complexity index is 1760. The second kappa shape index (κ2) is 13.7. The minimum Gasteiger partial charge on any atom is -1.00 e. The van der Waals surface area contributed by atoms with Crippen molar-refractivity contribution in [1.82, 2.24) is 34.5 Å². The maximum absolute atomic E-state index is 15.6. The van der Waals surface area contributed by atoms with E-state index < -0.39 is 66.8 Å². The second-order valence-electron chi connectivity index (χ2n) is 10.9. The highest BCUT2D eigenvalue weighted by Gasteiger charge is 2.59. The summed E-state index contributed by atoms with van der Waals surface area (Å²) in [4.78, 5) is 45.2. The number of alkyl halides is 2. The molecule has 2 unspecified atom stereocenters. The number of nitrogens with zero attached hydrogens (tertiary/aromatic N) is 7. The lowest BCUT2D eigenvalue weighted by atomic mass is 9.98. The number of aromatic nitrogens is 8. The molecule has 47 heavy (non-hydrogen) atoms. The monoisotopic (exact) mass is 705 g/mol. The average Bonchev–Trinajstić information content (AvgIpc) is 3.72. The number of imidazole rings is 2. The van der Waals surface area contributed by atoms with E-state index in [0.717, 1.165) is 6.92 Å². The van der Waals surface area contributed by atoms with Gasteiger partial charge in [-0.25, -0.2) is 28.3 Å². The van der Waals surface area contributed by atoms with E-state index in [2.05, 4.69) is 29.9 Å². The Labute approximate surface area is 275 Å². The molecule has 21 heteroatoms. The van der Waals surface area contributed by atoms with Gasteiger partial charge in [-0.15, -0.1) is 0 Å². The molecule has 2 fully saturated rings. The number of anilines is 1. The molecule has 2 aliphatic heterocycles. The minimum atomic E-state index is -2.15. The van der Waals surface area contributed by atoms with E-state index in [4.69, 9.17) is 41.4 Å². The lowest BCUT2D eigenvalue weighted by molar-refractivity contribution is -0.749. The molecule has 0 bridgehead atoms. The van der Waals surface area contributed by atoms with Gasteiger partial charge >= 0.3 is 17.6 Å². The first-order valence-corrected chi connectivity index (χ1v) is 14.2. The summed E-state index contributed by atoms with van der Waals surface area (Å²) in [7, 11) is 0. The Kier molecular flexibility index (Phi) is 10.5. The van der Waals surface area contributed by atoms with Crippen molar-refractivity contribution in [2.24, 2.45) is 0 Å². The van der Waals surface area contributed by atoms with Crippen LogP contribution < -0.4 is 22.7 Å². The highest BCUT2D eigenvalue weighted by molar-refractivity contribution is 6.33. The fourth-order valence-corrected chi connectivity index (χ4v) is 5.54. The average molecular weight is 706 g/mol. The Morgan fingerprint density at radius 2 is 1.81 bits per heavy atom. The van der Waals surface area contributed by atoms with Gasteiger partial charge in [0.05, 0.1) is 12.9 Å². The largest absolute Gasteiger partial charge is 1.00 e. The highest BCUT2D eigenvalue weighted by Crippen LogP contribution is 2.44. The zero-order chi connectivity index (χ0) is 33.6. The van der Waals surface area contributed by atoms with Gasteiger partial charge in [-0.1, -0.05) is 16.6 Å². The number of hydrogen-bond donors (Lipinski definition) is 4. The highest BCUT2D eigenvalue weighted by atomic mass is 35.5. The number of rotatable bonds is 6. The number of hydrogen-bond acceptors (Lipinski definition) is 14. The van der Waals surface area contributed by atoms with Crippen molar-refractivity contribution < 1.29 is 64.5 Å². The van der Waals surface area contributed by atoms with Crippen LogP contribution in [0.3, 0.4) is 0 Å². The zero-order valence-corrected chi connectivity index (χ0v) is 26.8. The predicted molar refractivity (Wildman–Crippen MR) is 151 cm³/mol. The summed E-state index contributed by atoms with van der Waals surface area (Å²) in [5.41, 5.74) is 2.82. The number of aliphatic hydroxyl groups excluding tert-OH is 2. The fraction of sp³-hybridized carbons (Fsp3) is 0.538. The summed E-state index contributed by atoms with van der Waals surface area (Å²) in [5.74, 6) is -1.02. The maximum atomic E-state index is 15.6. The summed E-state index contributed by atoms with van der Waals surface area (Å²) in [5, 5.41) is 19.1. The van der Waals surface area contributed by atoms with E-state index in [1.54, 1.807) is 0 Å². The third kappa shape index (κ3) is 6.63. The number of aromatic amines is 1. The van der Waals surface area contributed by atoms with E-state index in [9.17, 15) is 19.1 Å². The van der Waals surface area contributed by atoms with Crippen LogP contribution in [0.25, 0.3) is 22.3 Å². The van der Waals surface area contributed by atoms with Crippen molar-refractivity contribution in [3.8, 4) is 0 Å². The van der Waals surface area contributed by atoms with E-state index in [1.165, 1.54) is 55.2 Å². The standard InChI is InChI=1S/C15H16ClFN4O5.C11H14FN5O3.ClH/c1-7(22)24-4-9-11(25-8(2)23)15(3,17)14(26-9)21-6-20-10-12(16)18-5-19-13(10)21;1-11(12)7(19)5(2-18)20-10(11)17-4-16-6-8(13)14-3-15-9(6)17;/h5-6,9,11,14H,4H2,1-3H3;3-5,7,10,18-19H,2H2,1H3,(H2,13,14,15);1H/t9-,11+,14-,15?;5-,7+,10-,11?;/m11./s1. The van der Waals surface area contributed by atoms with Crippen molar-refractivity contribution in [3.05, 3.63) is 30.5 Å². The first kappa shape index (κ1) is 36.0. The molecule has 5 N–H and O–H groups in total. The van der Waals surface area contributed by atoms with Gasteiger partial charge in [-0.2, -0.15) is 4.98 Å². The number of aliphatic hydroxyl groups is 2. The number of nitrogen functional groups attached to an aromatic ring is 1. The van der Waals surface area contributed by atoms with E-state index in [0.29, 0.717) is 11.2 Å². The molecule has 0 spiro atoms. The van der Waals surface area contributed by atoms with Gasteiger partial charge in [0.1, 0.15) is 36.8 Å². The van der Waals surface area contributed by atoms with E-state index >= 15 is 4.39 Å². The van der Waals surface area contributed by atoms with E-state index in [-0.39, 0.29) is 41.1 Å². The molecule has 6 rings (SSSR count). The minimum absolute atomic E-state index is 0. The molecule has 0 aliphatic carbocycles. The summed E-state index contributed by atoms with van der Waals surface area (Å²) >= 11 is 5.97. The quantitative estimate of drug-likeness (QED) is 0.0918. The van der Waals surface area contributed by atoms with Gasteiger partial charge in [-0.3, -0.25) is 19.1 Å². The Morgan fingerprint density at radius 3 is 2.45 bits per heavy atom. The Morgan fingerprint density at radius 1 is 1.11 bits per heavy atom. The predicted octanol–water partition coefficient (Wildman–Crippen LogP) is -2.59. The topological polar surface area (TPSA) is 227 Å². The number of nitrogens with one attached hydrogen (secondary N) is 1. The molecule has 17 nitrogen and oxygen atoms in total. The molecule has 0 saturated carbocycles. The maximum Gasteiger partial charge on any atom is 0.309 e. The summed E-state index contributed by atoms with van der Waals surface area (Å²) in [6, 6.07) is 0. The van der Waals surface area contributed by atoms with Gasteiger partial charge < -0.3 is 47.3 Å². The first-order chi connectivity index (χ1) is 21.7. The molecule has 0 amide bonds. The second-order valence-corrected chi connectivity index (χ2v) is 11.3. The van der Waals surface area contributed by atoms with Crippen LogP contribution >= 0.6 is 11.6 Å². The van der Waals surface area contributed by atoms with Crippen LogP contribution in [0.1, 0.15) is 40.2 Å². The number of halogens is 4. The number of fused-ring (bicyclic) bond motifs is 2. The third-order valence-corrected chi connectivity index (χ3v) is 7.87. The molecule has 4 aromatic rings. The van der Waals surface area contributed by atoms with Crippen LogP contribution in [0.2, 0.25) is 5.15 Å². The van der Waals surface area contributed by atoms with Crippen molar-refractivity contribution >= 4 is 51.7 Å². The van der Waals surface area contributed by atoms with Crippen molar-refractivity contribution in [1.29, 1.82) is 0 Å². The summed E-state index contributed by atoms with van der Waals surface area (Å²) < 4.78 is 54.2. The van der Waals surface area contributed by atoms with Gasteiger partial charge in [0.25, 0.3) is 0 Å². The van der Waals surface area contributed by atoms with Crippen LogP contribution in [0, 0.1) is 0 Å². The Hall–Kier alpha value is -3.88. The molecular formula is C26H31Cl2F2N9O8. The van der Waals surface area contributed by atoms with Crippen LogP contribution in [0.5, 0.6) is 0 Å². The van der Waals surface area contributed by atoms with Crippen LogP contribution in [0.15, 0.2) is 25.3 Å². The van der Waals surface area contributed by atoms with E-state index in [1.807, 2.05) is 0 Å². The molecule has 2 saturated heterocycles. The normalized spacial score (nSPS) is 30.1. The molecule has 4 aromatic heterocycles. The molecule has 256 valence electrons. The molecule has 8 atom stereocenters. The number of carbonyl (C=O) groups is 2. The number of esters is 2. The van der Waals surface area contributed by atoms with Crippen molar-refractivity contribution in [2.45, 2.75) is 75.9 Å². The molecule has 0 radical (unpaired) electrons. The van der Waals surface area contributed by atoms with Gasteiger partial charge in [0.2, 0.25) is 11.7 Å². The SMILES string of the molecule is CC(=O)OC[C@H]1O[C@@H](n2cnc3c(Cl)ncnc32)C(C)(F)[C@H]1OC(C)=O.CC1(F)[C@@H](O)[C@@H](CO)O[C@H]1[n+]1c[nH]c2c(N)ncnc21.[Cl-]. The van der Waals surface area contributed by atoms with Gasteiger partial charge in [0.15, 0.2) is 52.9 Å². The third-order valence-electron chi connectivity index (χ3n) is 7.59. The van der Waals surface area contributed by atoms with Crippen molar-refractivity contribution in [2.75, 3.05) is 18.9 Å². The van der Waals surface area contributed by atoms with Gasteiger partial charge in [-0.05, 0) is 13.8 Å². The molecule has 6 heterocycles. The molecular weight excluding hydrogens is 675 g/mol. The lowest BCUT2D eigenvalue weighted by Crippen LogP contribution is -3.00. The number of H-pyrrole nitrogens is 1. The number of nitrogens with two attached hydrogens (primary N) is 1. The number of carbonyl (C=O) groups excluding carboxylic acids is 2. The lowest BCUT2D eigenvalue weighted by Gasteiger charge is -2.27. The van der Waals surface area contributed by atoms with Crippen LogP contribution in [-0.2, 0) is 28.5 Å². The molecule has 2 aliphatic rings. The number of ether oxygens (including phenoxy) is 4. The van der Waals surface area contributed by atoms with Crippen molar-refractivity contribution in [3.63, 3.8) is 0 Å². The first-order valence-electron chi connectivity index (χ1n) is 13.8. The Balaban J connectivity index is 0.000000215. The summed E-state index contributed by atoms with van der Waals surface area (Å²) in [6.45, 7) is 4.07. The van der Waals surface area contributed by atoms with Gasteiger partial charge in [0, 0.05) is 13.8 Å². The van der Waals surface area contributed by atoms with Crippen LogP contribution in [-0.4, -0.2) is 106 Å².